The second kappa shape index (κ2) is 3.90. The fraction of sp³-hybridized carbons (Fsp3) is 0.250. The van der Waals surface area contributed by atoms with Crippen molar-refractivity contribution in [2.75, 3.05) is 6.61 Å². The largest absolute Gasteiger partial charge is 0.494 e. The first-order chi connectivity index (χ1) is 5.22. The number of hydrogen-bond donors (Lipinski definition) is 0. The van der Waals surface area contributed by atoms with Crippen LogP contribution in [0.4, 0.5) is 4.39 Å². The van der Waals surface area contributed by atoms with Crippen molar-refractivity contribution in [3.05, 3.63) is 27.6 Å². The standard InChI is InChI=1S/C8H8FIO/c1-2-11-8-4-6(9)3-7(10)5-8/h3-5H,2H2,1H3. The van der Waals surface area contributed by atoms with Crippen molar-refractivity contribution in [3.63, 3.8) is 0 Å². The molecular weight excluding hydrogens is 258 g/mol. The molecule has 11 heavy (non-hydrogen) atoms. The van der Waals surface area contributed by atoms with E-state index in [9.17, 15) is 4.39 Å². The Bertz CT molecular complexity index is 230. The first kappa shape index (κ1) is 8.77. The molecule has 0 radical (unpaired) electrons. The van der Waals surface area contributed by atoms with Crippen LogP contribution in [0.3, 0.4) is 0 Å². The number of hydrogen-bond acceptors (Lipinski definition) is 1. The maximum absolute atomic E-state index is 12.7. The summed E-state index contributed by atoms with van der Waals surface area (Å²) in [5.41, 5.74) is 0. The molecule has 0 aliphatic carbocycles. The van der Waals surface area contributed by atoms with Crippen molar-refractivity contribution in [1.29, 1.82) is 0 Å². The van der Waals surface area contributed by atoms with Gasteiger partial charge in [-0.3, -0.25) is 0 Å². The summed E-state index contributed by atoms with van der Waals surface area (Å²) in [6.45, 7) is 2.44. The molecule has 3 heteroatoms. The van der Waals surface area contributed by atoms with Gasteiger partial charge >= 0.3 is 0 Å². The van der Waals surface area contributed by atoms with Crippen LogP contribution in [0.15, 0.2) is 18.2 Å². The molecule has 1 rings (SSSR count). The lowest BCUT2D eigenvalue weighted by molar-refractivity contribution is 0.338. The van der Waals surface area contributed by atoms with Crippen LogP contribution in [0.2, 0.25) is 0 Å². The molecule has 1 nitrogen and oxygen atoms in total. The minimum atomic E-state index is -0.250. The van der Waals surface area contributed by atoms with E-state index in [1.807, 2.05) is 6.92 Å². The second-order valence-electron chi connectivity index (χ2n) is 2.04. The van der Waals surface area contributed by atoms with Crippen LogP contribution < -0.4 is 4.74 Å². The van der Waals surface area contributed by atoms with E-state index in [-0.39, 0.29) is 5.82 Å². The average molecular weight is 266 g/mol. The van der Waals surface area contributed by atoms with Crippen molar-refractivity contribution in [1.82, 2.24) is 0 Å². The third-order valence-corrected chi connectivity index (χ3v) is 1.77. The molecule has 0 aliphatic rings. The molecule has 0 saturated heterocycles. The molecule has 0 atom stereocenters. The van der Waals surface area contributed by atoms with Crippen LogP contribution >= 0.6 is 22.6 Å². The SMILES string of the molecule is CCOc1cc(F)cc(I)c1. The third kappa shape index (κ3) is 2.65. The van der Waals surface area contributed by atoms with Crippen molar-refractivity contribution in [2.24, 2.45) is 0 Å². The molecule has 0 spiro atoms. The van der Waals surface area contributed by atoms with E-state index < -0.39 is 0 Å². The summed E-state index contributed by atoms with van der Waals surface area (Å²) < 4.78 is 18.6. The summed E-state index contributed by atoms with van der Waals surface area (Å²) in [4.78, 5) is 0. The van der Waals surface area contributed by atoms with Gasteiger partial charge < -0.3 is 4.74 Å². The lowest BCUT2D eigenvalue weighted by Gasteiger charge is -2.02. The van der Waals surface area contributed by atoms with Gasteiger partial charge in [0.2, 0.25) is 0 Å². The van der Waals surface area contributed by atoms with Gasteiger partial charge in [-0.1, -0.05) is 0 Å². The first-order valence-electron chi connectivity index (χ1n) is 3.31. The topological polar surface area (TPSA) is 9.23 Å². The molecule has 0 saturated carbocycles. The highest BCUT2D eigenvalue weighted by molar-refractivity contribution is 14.1. The zero-order valence-electron chi connectivity index (χ0n) is 6.10. The molecule has 60 valence electrons. The molecule has 0 unspecified atom stereocenters. The molecule has 1 aromatic carbocycles. The zero-order chi connectivity index (χ0) is 8.27. The van der Waals surface area contributed by atoms with Gasteiger partial charge in [-0.2, -0.15) is 0 Å². The quantitative estimate of drug-likeness (QED) is 0.748. The van der Waals surface area contributed by atoms with Crippen LogP contribution in [0.5, 0.6) is 5.75 Å². The van der Waals surface area contributed by atoms with Gasteiger partial charge in [0.1, 0.15) is 11.6 Å². The van der Waals surface area contributed by atoms with Gasteiger partial charge in [0.05, 0.1) is 6.61 Å². The monoisotopic (exact) mass is 266 g/mol. The molecule has 1 aromatic rings. The fourth-order valence-electron chi connectivity index (χ4n) is 0.779. The van der Waals surface area contributed by atoms with Crippen molar-refractivity contribution in [2.45, 2.75) is 6.92 Å². The summed E-state index contributed by atoms with van der Waals surface area (Å²) in [7, 11) is 0. The Kier molecular flexibility index (Phi) is 3.11. The van der Waals surface area contributed by atoms with E-state index in [2.05, 4.69) is 22.6 Å². The van der Waals surface area contributed by atoms with Crippen LogP contribution in [0, 0.1) is 9.39 Å². The molecule has 0 aromatic heterocycles. The first-order valence-corrected chi connectivity index (χ1v) is 4.39. The molecule has 0 amide bonds. The van der Waals surface area contributed by atoms with E-state index in [4.69, 9.17) is 4.74 Å². The van der Waals surface area contributed by atoms with Crippen LogP contribution in [0.1, 0.15) is 6.92 Å². The number of benzene rings is 1. The highest BCUT2D eigenvalue weighted by Gasteiger charge is 1.97. The Morgan fingerprint density at radius 3 is 2.73 bits per heavy atom. The molecule has 0 N–H and O–H groups in total. The minimum absolute atomic E-state index is 0.250. The number of ether oxygens (including phenoxy) is 1. The maximum Gasteiger partial charge on any atom is 0.127 e. The van der Waals surface area contributed by atoms with Gasteiger partial charge in [-0.25, -0.2) is 4.39 Å². The molecular formula is C8H8FIO. The summed E-state index contributed by atoms with van der Waals surface area (Å²) in [6, 6.07) is 4.64. The summed E-state index contributed by atoms with van der Waals surface area (Å²) >= 11 is 2.05. The van der Waals surface area contributed by atoms with Gasteiger partial charge in [-0.05, 0) is 41.6 Å². The average Bonchev–Trinajstić information content (AvgIpc) is 1.85. The number of halogens is 2. The zero-order valence-corrected chi connectivity index (χ0v) is 8.26. The minimum Gasteiger partial charge on any atom is -0.494 e. The van der Waals surface area contributed by atoms with E-state index in [0.717, 1.165) is 3.57 Å². The Morgan fingerprint density at radius 1 is 1.45 bits per heavy atom. The Hall–Kier alpha value is -0.320. The van der Waals surface area contributed by atoms with Crippen LogP contribution in [-0.4, -0.2) is 6.61 Å². The Morgan fingerprint density at radius 2 is 2.18 bits per heavy atom. The van der Waals surface area contributed by atoms with Gasteiger partial charge in [0.15, 0.2) is 0 Å². The Balaban J connectivity index is 2.89. The summed E-state index contributed by atoms with van der Waals surface area (Å²) in [6.07, 6.45) is 0. The van der Waals surface area contributed by atoms with Gasteiger partial charge in [0, 0.05) is 9.64 Å². The molecule has 0 fully saturated rings. The van der Waals surface area contributed by atoms with E-state index >= 15 is 0 Å². The lowest BCUT2D eigenvalue weighted by Crippen LogP contribution is -1.92. The highest BCUT2D eigenvalue weighted by atomic mass is 127. The van der Waals surface area contributed by atoms with Crippen molar-refractivity contribution < 1.29 is 9.13 Å². The van der Waals surface area contributed by atoms with E-state index in [1.54, 1.807) is 6.07 Å². The fourth-order valence-corrected chi connectivity index (χ4v) is 1.38. The summed E-state index contributed by atoms with van der Waals surface area (Å²) in [5.74, 6) is 0.345. The predicted octanol–water partition coefficient (Wildman–Crippen LogP) is 2.83. The third-order valence-electron chi connectivity index (χ3n) is 1.15. The number of rotatable bonds is 2. The van der Waals surface area contributed by atoms with Crippen LogP contribution in [-0.2, 0) is 0 Å². The predicted molar refractivity (Wildman–Crippen MR) is 50.3 cm³/mol. The summed E-state index contributed by atoms with van der Waals surface area (Å²) in [5, 5.41) is 0. The second-order valence-corrected chi connectivity index (χ2v) is 3.28. The van der Waals surface area contributed by atoms with Crippen LogP contribution in [0.25, 0.3) is 0 Å². The normalized spacial score (nSPS) is 9.73. The molecule has 0 heterocycles. The van der Waals surface area contributed by atoms with Crippen molar-refractivity contribution >= 4 is 22.6 Å². The lowest BCUT2D eigenvalue weighted by atomic mass is 10.3. The molecule has 0 bridgehead atoms. The van der Waals surface area contributed by atoms with Gasteiger partial charge in [-0.15, -0.1) is 0 Å². The maximum atomic E-state index is 12.7. The van der Waals surface area contributed by atoms with Gasteiger partial charge in [0.25, 0.3) is 0 Å². The molecule has 0 aliphatic heterocycles. The Labute approximate surface area is 78.7 Å². The van der Waals surface area contributed by atoms with E-state index in [1.165, 1.54) is 12.1 Å². The van der Waals surface area contributed by atoms with E-state index in [0.29, 0.717) is 12.4 Å². The smallest absolute Gasteiger partial charge is 0.127 e. The van der Waals surface area contributed by atoms with Crippen molar-refractivity contribution in [3.8, 4) is 5.75 Å². The highest BCUT2D eigenvalue weighted by Crippen LogP contribution is 2.17.